The second-order valence-corrected chi connectivity index (χ2v) is 8.37. The number of allylic oxidation sites excluding steroid dienone is 2. The first-order chi connectivity index (χ1) is 9.95. The third-order valence-electron chi connectivity index (χ3n) is 7.02. The van der Waals surface area contributed by atoms with Gasteiger partial charge in [-0.1, -0.05) is 38.2 Å². The first-order valence-electron chi connectivity index (χ1n) is 8.33. The van der Waals surface area contributed by atoms with E-state index in [4.69, 9.17) is 12.2 Å². The van der Waals surface area contributed by atoms with Crippen LogP contribution in [0.4, 0.5) is 0 Å². The van der Waals surface area contributed by atoms with E-state index >= 15 is 0 Å². The second kappa shape index (κ2) is 4.42. The minimum Gasteiger partial charge on any atom is -0.370 e. The van der Waals surface area contributed by atoms with Crippen LogP contribution in [0.15, 0.2) is 23.9 Å². The number of hydrogen-bond acceptors (Lipinski definition) is 3. The van der Waals surface area contributed by atoms with E-state index in [9.17, 15) is 5.11 Å². The van der Waals surface area contributed by atoms with Gasteiger partial charge >= 0.3 is 0 Å². The minimum absolute atomic E-state index is 0.0771. The van der Waals surface area contributed by atoms with Gasteiger partial charge in [0.15, 0.2) is 0 Å². The molecule has 0 unspecified atom stereocenters. The minimum atomic E-state index is -0.520. The number of fused-ring (bicyclic) bond motifs is 5. The fraction of sp³-hybridized carbons (Fsp3) is 0.722. The molecule has 2 N–H and O–H groups in total. The third-order valence-corrected chi connectivity index (χ3v) is 7.69. The molecule has 3 aliphatic carbocycles. The standard InChI is InChI=1S/C18H25NOS/c1-17-10-8-16(20)19-14(17)5-3-11-12-4-6-15(21)18(12,2)9-7-13(11)17/h5,8,10-13,16,19-20H,3-4,6-7,9H2,1-2H3/t11-,12-,13-,16+,17+,18-/m0/s1. The van der Waals surface area contributed by atoms with E-state index in [-0.39, 0.29) is 5.41 Å². The summed E-state index contributed by atoms with van der Waals surface area (Å²) in [6, 6.07) is 0. The molecule has 3 heteroatoms. The van der Waals surface area contributed by atoms with Gasteiger partial charge in [0, 0.05) is 16.5 Å². The van der Waals surface area contributed by atoms with Crippen LogP contribution in [0.3, 0.4) is 0 Å². The Morgan fingerprint density at radius 1 is 1.29 bits per heavy atom. The first kappa shape index (κ1) is 14.0. The fourth-order valence-electron chi connectivity index (χ4n) is 5.73. The lowest BCUT2D eigenvalue weighted by atomic mass is 9.51. The SMILES string of the molecule is C[C@]12C=C[C@@H](O)NC1=CC[C@@H]1[C@@H]2CC[C@]2(C)C(=S)CC[C@@H]12. The molecule has 0 aromatic carbocycles. The first-order valence-corrected chi connectivity index (χ1v) is 8.74. The quantitative estimate of drug-likeness (QED) is 0.530. The Morgan fingerprint density at radius 2 is 2.10 bits per heavy atom. The zero-order valence-electron chi connectivity index (χ0n) is 12.9. The molecule has 114 valence electrons. The number of rotatable bonds is 0. The van der Waals surface area contributed by atoms with Gasteiger partial charge in [-0.2, -0.15) is 0 Å². The Hall–Kier alpha value is -0.670. The van der Waals surface area contributed by atoms with E-state index in [2.05, 4.69) is 31.3 Å². The average molecular weight is 303 g/mol. The number of nitrogens with one attached hydrogen (secondary N) is 1. The van der Waals surface area contributed by atoms with Gasteiger partial charge < -0.3 is 10.4 Å². The summed E-state index contributed by atoms with van der Waals surface area (Å²) >= 11 is 5.71. The van der Waals surface area contributed by atoms with Crippen LogP contribution < -0.4 is 5.32 Å². The van der Waals surface area contributed by atoms with Crippen LogP contribution in [0.1, 0.15) is 46.0 Å². The van der Waals surface area contributed by atoms with Crippen LogP contribution in [-0.4, -0.2) is 16.2 Å². The average Bonchev–Trinajstić information content (AvgIpc) is 2.76. The molecule has 2 nitrogen and oxygen atoms in total. The molecular formula is C18H25NOS. The van der Waals surface area contributed by atoms with Crippen LogP contribution in [0.5, 0.6) is 0 Å². The molecule has 4 rings (SSSR count). The lowest BCUT2D eigenvalue weighted by Gasteiger charge is -2.55. The Bertz CT molecular complexity index is 553. The molecule has 1 heterocycles. The Kier molecular flexibility index (Phi) is 2.94. The van der Waals surface area contributed by atoms with Gasteiger partial charge in [0.05, 0.1) is 0 Å². The molecule has 2 saturated carbocycles. The van der Waals surface area contributed by atoms with Crippen molar-refractivity contribution in [1.82, 2.24) is 5.32 Å². The van der Waals surface area contributed by atoms with Crippen LogP contribution in [0.25, 0.3) is 0 Å². The molecule has 0 aromatic rings. The van der Waals surface area contributed by atoms with E-state index in [1.54, 1.807) is 0 Å². The fourth-order valence-corrected chi connectivity index (χ4v) is 6.10. The van der Waals surface area contributed by atoms with Crippen LogP contribution in [0, 0.1) is 28.6 Å². The summed E-state index contributed by atoms with van der Waals surface area (Å²) in [5.74, 6) is 2.20. The Morgan fingerprint density at radius 3 is 2.90 bits per heavy atom. The zero-order chi connectivity index (χ0) is 14.8. The van der Waals surface area contributed by atoms with Crippen molar-refractivity contribution < 1.29 is 5.11 Å². The summed E-state index contributed by atoms with van der Waals surface area (Å²) in [4.78, 5) is 1.33. The molecule has 0 spiro atoms. The Balaban J connectivity index is 1.72. The molecular weight excluding hydrogens is 278 g/mol. The number of aliphatic hydroxyl groups excluding tert-OH is 1. The lowest BCUT2D eigenvalue weighted by molar-refractivity contribution is 0.0139. The monoisotopic (exact) mass is 303 g/mol. The molecule has 0 aromatic heterocycles. The van der Waals surface area contributed by atoms with E-state index in [0.717, 1.165) is 24.7 Å². The summed E-state index contributed by atoms with van der Waals surface area (Å²) in [5.41, 5.74) is 1.62. The Labute approximate surface area is 132 Å². The molecule has 6 atom stereocenters. The topological polar surface area (TPSA) is 32.3 Å². The normalized spacial score (nSPS) is 51.6. The molecule has 1 aliphatic heterocycles. The van der Waals surface area contributed by atoms with Gasteiger partial charge in [0.1, 0.15) is 6.23 Å². The summed E-state index contributed by atoms with van der Waals surface area (Å²) < 4.78 is 0. The number of aliphatic hydroxyl groups is 1. The third kappa shape index (κ3) is 1.77. The lowest BCUT2D eigenvalue weighted by Crippen LogP contribution is -2.52. The molecule has 0 saturated heterocycles. The maximum absolute atomic E-state index is 9.83. The highest BCUT2D eigenvalue weighted by atomic mass is 32.1. The van der Waals surface area contributed by atoms with Crippen molar-refractivity contribution in [2.45, 2.75) is 52.2 Å². The van der Waals surface area contributed by atoms with E-state index in [1.165, 1.54) is 29.8 Å². The number of thiocarbonyl (C=S) groups is 1. The van der Waals surface area contributed by atoms with Crippen LogP contribution >= 0.6 is 12.2 Å². The predicted octanol–water partition coefficient (Wildman–Crippen LogP) is 3.57. The van der Waals surface area contributed by atoms with Gasteiger partial charge in [-0.05, 0) is 60.8 Å². The van der Waals surface area contributed by atoms with Gasteiger partial charge in [-0.25, -0.2) is 0 Å². The summed E-state index contributed by atoms with van der Waals surface area (Å²) in [5, 5.41) is 13.1. The van der Waals surface area contributed by atoms with Crippen LogP contribution in [-0.2, 0) is 0 Å². The highest BCUT2D eigenvalue weighted by Gasteiger charge is 2.56. The van der Waals surface area contributed by atoms with Gasteiger partial charge in [-0.3, -0.25) is 0 Å². The van der Waals surface area contributed by atoms with Crippen molar-refractivity contribution in [1.29, 1.82) is 0 Å². The maximum Gasteiger partial charge on any atom is 0.143 e. The maximum atomic E-state index is 9.83. The van der Waals surface area contributed by atoms with E-state index < -0.39 is 6.23 Å². The van der Waals surface area contributed by atoms with Crippen LogP contribution in [0.2, 0.25) is 0 Å². The van der Waals surface area contributed by atoms with Gasteiger partial charge in [-0.15, -0.1) is 0 Å². The van der Waals surface area contributed by atoms with Crippen molar-refractivity contribution in [2.75, 3.05) is 0 Å². The highest BCUT2D eigenvalue weighted by Crippen LogP contribution is 2.62. The highest BCUT2D eigenvalue weighted by molar-refractivity contribution is 7.80. The van der Waals surface area contributed by atoms with Crippen molar-refractivity contribution in [2.24, 2.45) is 28.6 Å². The molecule has 0 radical (unpaired) electrons. The summed E-state index contributed by atoms with van der Waals surface area (Å²) in [6.45, 7) is 4.77. The molecule has 4 aliphatic rings. The molecule has 0 bridgehead atoms. The zero-order valence-corrected chi connectivity index (χ0v) is 13.7. The molecule has 2 fully saturated rings. The van der Waals surface area contributed by atoms with E-state index in [1.807, 2.05) is 6.08 Å². The predicted molar refractivity (Wildman–Crippen MR) is 88.7 cm³/mol. The smallest absolute Gasteiger partial charge is 0.143 e. The summed E-state index contributed by atoms with van der Waals surface area (Å²) in [6.07, 6.45) is 12.1. The van der Waals surface area contributed by atoms with Crippen molar-refractivity contribution in [3.8, 4) is 0 Å². The van der Waals surface area contributed by atoms with Gasteiger partial charge in [0.25, 0.3) is 0 Å². The van der Waals surface area contributed by atoms with Crippen molar-refractivity contribution >= 4 is 17.1 Å². The van der Waals surface area contributed by atoms with Crippen molar-refractivity contribution in [3.63, 3.8) is 0 Å². The van der Waals surface area contributed by atoms with Crippen molar-refractivity contribution in [3.05, 3.63) is 23.9 Å². The van der Waals surface area contributed by atoms with E-state index in [0.29, 0.717) is 11.3 Å². The largest absolute Gasteiger partial charge is 0.370 e. The number of hydrogen-bond donors (Lipinski definition) is 2. The second-order valence-electron chi connectivity index (χ2n) is 7.88. The molecule has 0 amide bonds. The molecule has 21 heavy (non-hydrogen) atoms. The summed E-state index contributed by atoms with van der Waals surface area (Å²) in [7, 11) is 0. The van der Waals surface area contributed by atoms with Gasteiger partial charge in [0.2, 0.25) is 0 Å².